The molecule has 126 valence electrons. The van der Waals surface area contributed by atoms with Gasteiger partial charge < -0.3 is 14.7 Å². The lowest BCUT2D eigenvalue weighted by atomic mass is 10.0. The van der Waals surface area contributed by atoms with Gasteiger partial charge in [0.05, 0.1) is 6.20 Å². The van der Waals surface area contributed by atoms with Crippen molar-refractivity contribution in [1.82, 2.24) is 14.9 Å². The average molecular weight is 325 g/mol. The lowest BCUT2D eigenvalue weighted by molar-refractivity contribution is 0.178. The first-order valence-electron chi connectivity index (χ1n) is 8.69. The molecule has 1 aromatic carbocycles. The molecule has 0 bridgehead atoms. The van der Waals surface area contributed by atoms with Crippen LogP contribution in [0, 0.1) is 11.8 Å². The van der Waals surface area contributed by atoms with Gasteiger partial charge in [-0.1, -0.05) is 12.1 Å². The SMILES string of the molecule is Oc1ccc(CCN2CC3CC(Oc4cnccn4)CC3C2)cc1. The lowest BCUT2D eigenvalue weighted by Gasteiger charge is -2.19. The average Bonchev–Trinajstić information content (AvgIpc) is 3.13. The highest BCUT2D eigenvalue weighted by Gasteiger charge is 2.41. The number of likely N-dealkylation sites (tertiary alicyclic amines) is 1. The number of ether oxygens (including phenoxy) is 1. The summed E-state index contributed by atoms with van der Waals surface area (Å²) in [4.78, 5) is 10.8. The van der Waals surface area contributed by atoms with E-state index in [0.29, 0.717) is 11.6 Å². The van der Waals surface area contributed by atoms with E-state index in [4.69, 9.17) is 4.74 Å². The van der Waals surface area contributed by atoms with E-state index in [0.717, 1.165) is 37.6 Å². The van der Waals surface area contributed by atoms with Gasteiger partial charge in [-0.25, -0.2) is 4.98 Å². The Bertz CT molecular complexity index is 648. The van der Waals surface area contributed by atoms with Crippen LogP contribution in [0.3, 0.4) is 0 Å². The number of fused-ring (bicyclic) bond motifs is 1. The maximum atomic E-state index is 9.35. The molecule has 5 heteroatoms. The van der Waals surface area contributed by atoms with Gasteiger partial charge in [0.1, 0.15) is 11.9 Å². The van der Waals surface area contributed by atoms with Crippen LogP contribution in [0.4, 0.5) is 0 Å². The molecule has 1 aliphatic heterocycles. The fourth-order valence-corrected chi connectivity index (χ4v) is 4.09. The highest BCUT2D eigenvalue weighted by molar-refractivity contribution is 5.26. The van der Waals surface area contributed by atoms with E-state index in [-0.39, 0.29) is 6.10 Å². The second-order valence-electron chi connectivity index (χ2n) is 6.95. The molecule has 24 heavy (non-hydrogen) atoms. The molecule has 0 spiro atoms. The zero-order chi connectivity index (χ0) is 16.4. The Morgan fingerprint density at radius 3 is 2.50 bits per heavy atom. The van der Waals surface area contributed by atoms with Gasteiger partial charge >= 0.3 is 0 Å². The van der Waals surface area contributed by atoms with Gasteiger partial charge in [-0.05, 0) is 48.8 Å². The molecule has 4 rings (SSSR count). The monoisotopic (exact) mass is 325 g/mol. The number of phenolic OH excluding ortho intramolecular Hbond substituents is 1. The van der Waals surface area contributed by atoms with Gasteiger partial charge in [-0.2, -0.15) is 0 Å². The van der Waals surface area contributed by atoms with Crippen LogP contribution in [0.1, 0.15) is 18.4 Å². The van der Waals surface area contributed by atoms with Crippen LogP contribution in [0.2, 0.25) is 0 Å². The van der Waals surface area contributed by atoms with Crippen molar-refractivity contribution in [3.05, 3.63) is 48.4 Å². The lowest BCUT2D eigenvalue weighted by Crippen LogP contribution is -2.26. The molecule has 1 aliphatic carbocycles. The summed E-state index contributed by atoms with van der Waals surface area (Å²) in [6.07, 6.45) is 8.61. The molecule has 2 fully saturated rings. The Balaban J connectivity index is 1.25. The third kappa shape index (κ3) is 3.51. The Morgan fingerprint density at radius 2 is 1.83 bits per heavy atom. The largest absolute Gasteiger partial charge is 0.508 e. The Hall–Kier alpha value is -2.14. The number of phenols is 1. The van der Waals surface area contributed by atoms with E-state index in [1.807, 2.05) is 12.1 Å². The van der Waals surface area contributed by atoms with Crippen LogP contribution >= 0.6 is 0 Å². The molecule has 2 unspecified atom stereocenters. The molecule has 2 aromatic rings. The van der Waals surface area contributed by atoms with E-state index < -0.39 is 0 Å². The Labute approximate surface area is 142 Å². The molecule has 1 aromatic heterocycles. The number of hydrogen-bond acceptors (Lipinski definition) is 5. The van der Waals surface area contributed by atoms with Crippen molar-refractivity contribution < 1.29 is 9.84 Å². The molecule has 2 heterocycles. The highest BCUT2D eigenvalue weighted by atomic mass is 16.5. The third-order valence-corrected chi connectivity index (χ3v) is 5.26. The Kier molecular flexibility index (Phi) is 4.34. The molecule has 1 saturated carbocycles. The normalized spacial score (nSPS) is 26.4. The van der Waals surface area contributed by atoms with E-state index in [2.05, 4.69) is 14.9 Å². The minimum absolute atomic E-state index is 0.288. The maximum Gasteiger partial charge on any atom is 0.232 e. The van der Waals surface area contributed by atoms with Gasteiger partial charge in [-0.3, -0.25) is 4.98 Å². The number of benzene rings is 1. The van der Waals surface area contributed by atoms with Crippen LogP contribution in [0.15, 0.2) is 42.9 Å². The fraction of sp³-hybridized carbons (Fsp3) is 0.474. The van der Waals surface area contributed by atoms with Crippen molar-refractivity contribution >= 4 is 0 Å². The summed E-state index contributed by atoms with van der Waals surface area (Å²) in [5.74, 6) is 2.47. The summed E-state index contributed by atoms with van der Waals surface area (Å²) in [7, 11) is 0. The molecule has 2 atom stereocenters. The standard InChI is InChI=1S/C19H23N3O2/c23-17-3-1-14(2-4-17)5-8-22-12-15-9-18(10-16(15)13-22)24-19-11-20-6-7-21-19/h1-4,6-7,11,15-16,18,23H,5,8-10,12-13H2. The van der Waals surface area contributed by atoms with Crippen molar-refractivity contribution in [2.24, 2.45) is 11.8 Å². The second kappa shape index (κ2) is 6.77. The van der Waals surface area contributed by atoms with Crippen molar-refractivity contribution in [3.8, 4) is 11.6 Å². The van der Waals surface area contributed by atoms with Crippen molar-refractivity contribution in [1.29, 1.82) is 0 Å². The first kappa shape index (κ1) is 15.4. The molecule has 5 nitrogen and oxygen atoms in total. The van der Waals surface area contributed by atoms with Gasteiger partial charge in [0.15, 0.2) is 0 Å². The summed E-state index contributed by atoms with van der Waals surface area (Å²) in [5.41, 5.74) is 1.29. The summed E-state index contributed by atoms with van der Waals surface area (Å²) in [6.45, 7) is 3.43. The van der Waals surface area contributed by atoms with Crippen LogP contribution < -0.4 is 4.74 Å². The minimum atomic E-state index is 0.288. The summed E-state index contributed by atoms with van der Waals surface area (Å²) in [6, 6.07) is 7.55. The van der Waals surface area contributed by atoms with E-state index in [1.165, 1.54) is 18.7 Å². The highest BCUT2D eigenvalue weighted by Crippen LogP contribution is 2.39. The number of nitrogens with zero attached hydrogens (tertiary/aromatic N) is 3. The van der Waals surface area contributed by atoms with Crippen LogP contribution in [-0.4, -0.2) is 45.7 Å². The van der Waals surface area contributed by atoms with Gasteiger partial charge in [-0.15, -0.1) is 0 Å². The van der Waals surface area contributed by atoms with Crippen LogP contribution in [0.25, 0.3) is 0 Å². The third-order valence-electron chi connectivity index (χ3n) is 5.26. The van der Waals surface area contributed by atoms with Crippen LogP contribution in [0.5, 0.6) is 11.6 Å². The molecular formula is C19H23N3O2. The van der Waals surface area contributed by atoms with E-state index in [9.17, 15) is 5.11 Å². The van der Waals surface area contributed by atoms with Crippen molar-refractivity contribution in [2.75, 3.05) is 19.6 Å². The second-order valence-corrected chi connectivity index (χ2v) is 6.95. The fourth-order valence-electron chi connectivity index (χ4n) is 4.09. The summed E-state index contributed by atoms with van der Waals surface area (Å²) in [5, 5.41) is 9.35. The summed E-state index contributed by atoms with van der Waals surface area (Å²) < 4.78 is 5.97. The van der Waals surface area contributed by atoms with Crippen LogP contribution in [-0.2, 0) is 6.42 Å². The number of aromatic hydroxyl groups is 1. The molecule has 1 N–H and O–H groups in total. The van der Waals surface area contributed by atoms with Gasteiger partial charge in [0.25, 0.3) is 0 Å². The molecular weight excluding hydrogens is 302 g/mol. The molecule has 2 aliphatic rings. The number of hydrogen-bond donors (Lipinski definition) is 1. The van der Waals surface area contributed by atoms with Crippen molar-refractivity contribution in [3.63, 3.8) is 0 Å². The van der Waals surface area contributed by atoms with Gasteiger partial charge in [0, 0.05) is 32.0 Å². The minimum Gasteiger partial charge on any atom is -0.508 e. The first-order valence-corrected chi connectivity index (χ1v) is 8.69. The predicted molar refractivity (Wildman–Crippen MR) is 90.9 cm³/mol. The maximum absolute atomic E-state index is 9.35. The molecule has 0 amide bonds. The smallest absolute Gasteiger partial charge is 0.232 e. The summed E-state index contributed by atoms with van der Waals surface area (Å²) >= 11 is 0. The topological polar surface area (TPSA) is 58.5 Å². The number of rotatable bonds is 5. The van der Waals surface area contributed by atoms with E-state index >= 15 is 0 Å². The van der Waals surface area contributed by atoms with Crippen molar-refractivity contribution in [2.45, 2.75) is 25.4 Å². The molecule has 0 radical (unpaired) electrons. The quantitative estimate of drug-likeness (QED) is 0.915. The predicted octanol–water partition coefficient (Wildman–Crippen LogP) is 2.51. The van der Waals surface area contributed by atoms with Gasteiger partial charge in [0.2, 0.25) is 5.88 Å². The first-order chi connectivity index (χ1) is 11.8. The Morgan fingerprint density at radius 1 is 1.08 bits per heavy atom. The zero-order valence-electron chi connectivity index (χ0n) is 13.7. The number of aromatic nitrogens is 2. The molecule has 1 saturated heterocycles. The zero-order valence-corrected chi connectivity index (χ0v) is 13.7. The van der Waals surface area contributed by atoms with E-state index in [1.54, 1.807) is 30.7 Å².